The number of ether oxygens (including phenoxy) is 1. The van der Waals surface area contributed by atoms with Gasteiger partial charge in [-0.25, -0.2) is 0 Å². The van der Waals surface area contributed by atoms with Crippen molar-refractivity contribution in [2.75, 3.05) is 13.2 Å². The molecule has 0 unspecified atom stereocenters. The molecule has 0 radical (unpaired) electrons. The number of hydrogen-bond donors (Lipinski definition) is 2. The van der Waals surface area contributed by atoms with Crippen LogP contribution in [0.25, 0.3) is 0 Å². The topological polar surface area (TPSA) is 81.4 Å². The van der Waals surface area contributed by atoms with Crippen molar-refractivity contribution in [2.45, 2.75) is 32.1 Å². The molecule has 0 aromatic heterocycles. The number of nitrogens with one attached hydrogen (secondary N) is 1. The Bertz CT molecular complexity index is 542. The minimum atomic E-state index is -0.203. The summed E-state index contributed by atoms with van der Waals surface area (Å²) < 4.78 is 5.49. The third kappa shape index (κ3) is 6.10. The minimum Gasteiger partial charge on any atom is -0.493 e. The van der Waals surface area contributed by atoms with E-state index in [9.17, 15) is 9.59 Å². The Morgan fingerprint density at radius 2 is 2.00 bits per heavy atom. The minimum absolute atomic E-state index is 0.00745. The molecule has 126 valence electrons. The number of rotatable bonds is 7. The molecule has 2 amide bonds. The van der Waals surface area contributed by atoms with Gasteiger partial charge in [-0.05, 0) is 49.8 Å². The summed E-state index contributed by atoms with van der Waals surface area (Å²) in [5.41, 5.74) is 5.32. The molecule has 0 heterocycles. The lowest BCUT2D eigenvalue weighted by Gasteiger charge is -2.26. The zero-order valence-electron chi connectivity index (χ0n) is 13.1. The fourth-order valence-corrected chi connectivity index (χ4v) is 3.00. The van der Waals surface area contributed by atoms with Gasteiger partial charge < -0.3 is 15.8 Å². The Kier molecular flexibility index (Phi) is 6.71. The predicted molar refractivity (Wildman–Crippen MR) is 89.2 cm³/mol. The number of amides is 2. The van der Waals surface area contributed by atoms with E-state index in [-0.39, 0.29) is 17.7 Å². The Hall–Kier alpha value is -1.75. The molecule has 5 nitrogen and oxygen atoms in total. The van der Waals surface area contributed by atoms with Gasteiger partial charge in [-0.2, -0.15) is 0 Å². The second-order valence-corrected chi connectivity index (χ2v) is 6.42. The summed E-state index contributed by atoms with van der Waals surface area (Å²) in [5, 5.41) is 3.54. The van der Waals surface area contributed by atoms with Crippen LogP contribution in [0.2, 0.25) is 5.02 Å². The molecule has 6 heteroatoms. The quantitative estimate of drug-likeness (QED) is 0.801. The van der Waals surface area contributed by atoms with Crippen LogP contribution < -0.4 is 15.8 Å². The average molecular weight is 339 g/mol. The van der Waals surface area contributed by atoms with Gasteiger partial charge in [0.25, 0.3) is 0 Å². The maximum absolute atomic E-state index is 11.8. The summed E-state index contributed by atoms with van der Waals surface area (Å²) in [6.07, 6.45) is 3.84. The molecule has 0 spiro atoms. The summed E-state index contributed by atoms with van der Waals surface area (Å²) in [5.74, 6) is 0.876. The van der Waals surface area contributed by atoms with Crippen molar-refractivity contribution in [2.24, 2.45) is 17.6 Å². The second kappa shape index (κ2) is 8.77. The molecule has 1 aromatic rings. The lowest BCUT2D eigenvalue weighted by Crippen LogP contribution is -2.34. The first-order valence-electron chi connectivity index (χ1n) is 7.99. The number of carbonyl (C=O) groups is 2. The molecule has 23 heavy (non-hydrogen) atoms. The number of halogens is 1. The Labute approximate surface area is 141 Å². The maximum atomic E-state index is 11.8. The third-order valence-electron chi connectivity index (χ3n) is 4.23. The van der Waals surface area contributed by atoms with Gasteiger partial charge in [-0.3, -0.25) is 9.59 Å². The largest absolute Gasteiger partial charge is 0.493 e. The molecule has 1 aliphatic carbocycles. The van der Waals surface area contributed by atoms with Crippen LogP contribution in [-0.2, 0) is 9.59 Å². The van der Waals surface area contributed by atoms with Gasteiger partial charge in [0.05, 0.1) is 13.0 Å². The molecular weight excluding hydrogens is 316 g/mol. The van der Waals surface area contributed by atoms with Crippen molar-refractivity contribution in [1.82, 2.24) is 5.32 Å². The highest BCUT2D eigenvalue weighted by Crippen LogP contribution is 2.28. The van der Waals surface area contributed by atoms with E-state index in [4.69, 9.17) is 22.1 Å². The number of nitrogens with two attached hydrogens (primary N) is 1. The zero-order valence-corrected chi connectivity index (χ0v) is 13.8. The summed E-state index contributed by atoms with van der Waals surface area (Å²) in [7, 11) is 0. The highest BCUT2D eigenvalue weighted by Gasteiger charge is 2.24. The lowest BCUT2D eigenvalue weighted by molar-refractivity contribution is -0.124. The van der Waals surface area contributed by atoms with Crippen molar-refractivity contribution in [1.29, 1.82) is 0 Å². The van der Waals surface area contributed by atoms with Gasteiger partial charge in [0.15, 0.2) is 0 Å². The highest BCUT2D eigenvalue weighted by molar-refractivity contribution is 6.30. The molecule has 1 fully saturated rings. The molecular formula is C17H23ClN2O3. The summed E-state index contributed by atoms with van der Waals surface area (Å²) in [4.78, 5) is 22.9. The van der Waals surface area contributed by atoms with Crippen molar-refractivity contribution in [3.8, 4) is 5.75 Å². The van der Waals surface area contributed by atoms with E-state index in [0.29, 0.717) is 36.3 Å². The van der Waals surface area contributed by atoms with Crippen LogP contribution in [0.1, 0.15) is 32.1 Å². The van der Waals surface area contributed by atoms with Crippen molar-refractivity contribution < 1.29 is 14.3 Å². The molecule has 0 aliphatic heterocycles. The van der Waals surface area contributed by atoms with Gasteiger partial charge in [0, 0.05) is 17.5 Å². The summed E-state index contributed by atoms with van der Waals surface area (Å²) >= 11 is 5.86. The van der Waals surface area contributed by atoms with Gasteiger partial charge in [-0.1, -0.05) is 17.7 Å². The predicted octanol–water partition coefficient (Wildman–Crippen LogP) is 2.52. The highest BCUT2D eigenvalue weighted by atomic mass is 35.5. The fraction of sp³-hybridized carbons (Fsp3) is 0.529. The van der Waals surface area contributed by atoms with Crippen LogP contribution in [0.5, 0.6) is 5.75 Å². The molecule has 1 aliphatic rings. The third-order valence-corrected chi connectivity index (χ3v) is 4.47. The number of carbonyl (C=O) groups excluding carboxylic acids is 2. The Morgan fingerprint density at radius 3 is 2.65 bits per heavy atom. The maximum Gasteiger partial charge on any atom is 0.223 e. The van der Waals surface area contributed by atoms with Crippen LogP contribution in [0.3, 0.4) is 0 Å². The monoisotopic (exact) mass is 338 g/mol. The molecule has 2 rings (SSSR count). The van der Waals surface area contributed by atoms with E-state index in [1.165, 1.54) is 0 Å². The standard InChI is InChI=1S/C17H23ClN2O3/c18-14-2-1-3-15(10-14)23-9-8-16(21)20-11-12-4-6-13(7-5-12)17(19)22/h1-3,10,12-13H,4-9,11H2,(H2,19,22)(H,20,21). The van der Waals surface area contributed by atoms with Gasteiger partial charge >= 0.3 is 0 Å². The molecule has 3 N–H and O–H groups in total. The van der Waals surface area contributed by atoms with Crippen molar-refractivity contribution in [3.05, 3.63) is 29.3 Å². The molecule has 0 bridgehead atoms. The van der Waals surface area contributed by atoms with Crippen LogP contribution in [0.4, 0.5) is 0 Å². The van der Waals surface area contributed by atoms with Crippen molar-refractivity contribution >= 4 is 23.4 Å². The number of benzene rings is 1. The Morgan fingerprint density at radius 1 is 1.26 bits per heavy atom. The first-order valence-corrected chi connectivity index (χ1v) is 8.37. The van der Waals surface area contributed by atoms with Gasteiger partial charge in [0.2, 0.25) is 11.8 Å². The number of hydrogen-bond acceptors (Lipinski definition) is 3. The van der Waals surface area contributed by atoms with Crippen LogP contribution >= 0.6 is 11.6 Å². The first kappa shape index (κ1) is 17.6. The summed E-state index contributed by atoms with van der Waals surface area (Å²) in [6.45, 7) is 0.974. The van der Waals surface area contributed by atoms with E-state index >= 15 is 0 Å². The number of primary amides is 1. The van der Waals surface area contributed by atoms with E-state index in [1.54, 1.807) is 24.3 Å². The van der Waals surface area contributed by atoms with Crippen LogP contribution in [0.15, 0.2) is 24.3 Å². The molecule has 0 atom stereocenters. The zero-order chi connectivity index (χ0) is 16.7. The molecule has 1 aromatic carbocycles. The van der Waals surface area contributed by atoms with Crippen molar-refractivity contribution in [3.63, 3.8) is 0 Å². The SMILES string of the molecule is NC(=O)C1CCC(CNC(=O)CCOc2cccc(Cl)c2)CC1. The normalized spacial score (nSPS) is 20.7. The first-order chi connectivity index (χ1) is 11.0. The van der Waals surface area contributed by atoms with E-state index in [2.05, 4.69) is 5.32 Å². The Balaban J connectivity index is 1.59. The lowest BCUT2D eigenvalue weighted by atomic mass is 9.81. The van der Waals surface area contributed by atoms with Gasteiger partial charge in [0.1, 0.15) is 5.75 Å². The fourth-order valence-electron chi connectivity index (χ4n) is 2.82. The molecule has 1 saturated carbocycles. The van der Waals surface area contributed by atoms with E-state index in [0.717, 1.165) is 25.7 Å². The van der Waals surface area contributed by atoms with Crippen LogP contribution in [0, 0.1) is 11.8 Å². The van der Waals surface area contributed by atoms with E-state index < -0.39 is 0 Å². The smallest absolute Gasteiger partial charge is 0.223 e. The van der Waals surface area contributed by atoms with Crippen LogP contribution in [-0.4, -0.2) is 25.0 Å². The second-order valence-electron chi connectivity index (χ2n) is 5.98. The average Bonchev–Trinajstić information content (AvgIpc) is 2.53. The van der Waals surface area contributed by atoms with Gasteiger partial charge in [-0.15, -0.1) is 0 Å². The summed E-state index contributed by atoms with van der Waals surface area (Å²) in [6, 6.07) is 7.10. The molecule has 0 saturated heterocycles. The van der Waals surface area contributed by atoms with E-state index in [1.807, 2.05) is 0 Å².